The second-order valence-electron chi connectivity index (χ2n) is 3.36. The number of nitrogens with zero attached hydrogens (tertiary/aromatic N) is 1. The number of carbonyl (C=O) groups is 1. The molecule has 1 aliphatic rings. The van der Waals surface area contributed by atoms with Crippen LogP contribution in [-0.4, -0.2) is 24.3 Å². The molecule has 1 saturated carbocycles. The summed E-state index contributed by atoms with van der Waals surface area (Å²) in [6.07, 6.45) is 3.02. The number of esters is 1. The van der Waals surface area contributed by atoms with Gasteiger partial charge in [0.25, 0.3) is 0 Å². The van der Waals surface area contributed by atoms with Crippen LogP contribution in [0.2, 0.25) is 0 Å². The molecule has 1 rings (SSSR count). The Hall–Kier alpha value is -1.12. The second-order valence-corrected chi connectivity index (χ2v) is 3.36. The van der Waals surface area contributed by atoms with Gasteiger partial charge in [0, 0.05) is 5.71 Å². The van der Waals surface area contributed by atoms with Crippen molar-refractivity contribution in [3.8, 4) is 0 Å². The first-order valence-electron chi connectivity index (χ1n) is 5.12. The van der Waals surface area contributed by atoms with Gasteiger partial charge in [0.1, 0.15) is 0 Å². The third kappa shape index (κ3) is 2.98. The molecule has 0 radical (unpaired) electrons. The van der Waals surface area contributed by atoms with Crippen molar-refractivity contribution in [3.63, 3.8) is 0 Å². The standard InChI is InChI=1S/C11H17NO2/c1-4-10(12-9-6-7-9)8(3)11(13)14-5-2/h9H,3-7H2,1-2H3. The lowest BCUT2D eigenvalue weighted by atomic mass is 10.1. The van der Waals surface area contributed by atoms with E-state index >= 15 is 0 Å². The third-order valence-corrected chi connectivity index (χ3v) is 2.09. The van der Waals surface area contributed by atoms with E-state index in [1.807, 2.05) is 6.92 Å². The van der Waals surface area contributed by atoms with Crippen LogP contribution in [-0.2, 0) is 9.53 Å². The molecular formula is C11H17NO2. The first kappa shape index (κ1) is 11.0. The summed E-state index contributed by atoms with van der Waals surface area (Å²) in [6, 6.07) is 0.427. The fraction of sp³-hybridized carbons (Fsp3) is 0.636. The molecule has 1 aliphatic carbocycles. The minimum Gasteiger partial charge on any atom is -0.462 e. The van der Waals surface area contributed by atoms with Gasteiger partial charge in [-0.25, -0.2) is 4.79 Å². The second kappa shape index (κ2) is 4.94. The summed E-state index contributed by atoms with van der Waals surface area (Å²) in [4.78, 5) is 15.8. The fourth-order valence-electron chi connectivity index (χ4n) is 1.14. The summed E-state index contributed by atoms with van der Waals surface area (Å²) in [5, 5.41) is 0. The number of carbonyl (C=O) groups excluding carboxylic acids is 1. The van der Waals surface area contributed by atoms with Crippen molar-refractivity contribution >= 4 is 11.7 Å². The Morgan fingerprint density at radius 2 is 2.14 bits per heavy atom. The van der Waals surface area contributed by atoms with Crippen molar-refractivity contribution in [2.24, 2.45) is 4.99 Å². The van der Waals surface area contributed by atoms with Crippen molar-refractivity contribution < 1.29 is 9.53 Å². The smallest absolute Gasteiger partial charge is 0.339 e. The van der Waals surface area contributed by atoms with Crippen LogP contribution >= 0.6 is 0 Å². The van der Waals surface area contributed by atoms with Gasteiger partial charge in [0.15, 0.2) is 0 Å². The molecule has 3 nitrogen and oxygen atoms in total. The lowest BCUT2D eigenvalue weighted by Gasteiger charge is -2.06. The van der Waals surface area contributed by atoms with E-state index < -0.39 is 0 Å². The van der Waals surface area contributed by atoms with Crippen molar-refractivity contribution in [3.05, 3.63) is 12.2 Å². The van der Waals surface area contributed by atoms with E-state index in [-0.39, 0.29) is 5.97 Å². The molecule has 0 bridgehead atoms. The van der Waals surface area contributed by atoms with Gasteiger partial charge in [0.05, 0.1) is 18.2 Å². The van der Waals surface area contributed by atoms with E-state index in [0.717, 1.165) is 25.0 Å². The molecule has 0 saturated heterocycles. The summed E-state index contributed by atoms with van der Waals surface area (Å²) in [6.45, 7) is 7.87. The van der Waals surface area contributed by atoms with Crippen LogP contribution in [0, 0.1) is 0 Å². The molecular weight excluding hydrogens is 178 g/mol. The molecule has 14 heavy (non-hydrogen) atoms. The minimum absolute atomic E-state index is 0.339. The highest BCUT2D eigenvalue weighted by Gasteiger charge is 2.22. The molecule has 0 aliphatic heterocycles. The molecule has 0 aromatic carbocycles. The lowest BCUT2D eigenvalue weighted by molar-refractivity contribution is -0.137. The predicted octanol–water partition coefficient (Wildman–Crippen LogP) is 2.12. The molecule has 0 atom stereocenters. The maximum atomic E-state index is 11.3. The van der Waals surface area contributed by atoms with Gasteiger partial charge in [-0.3, -0.25) is 4.99 Å². The molecule has 0 aromatic rings. The van der Waals surface area contributed by atoms with Crippen LogP contribution in [0.4, 0.5) is 0 Å². The van der Waals surface area contributed by atoms with Gasteiger partial charge in [-0.05, 0) is 26.2 Å². The van der Waals surface area contributed by atoms with E-state index in [4.69, 9.17) is 4.74 Å². The van der Waals surface area contributed by atoms with Crippen LogP contribution in [0.1, 0.15) is 33.1 Å². The van der Waals surface area contributed by atoms with E-state index in [0.29, 0.717) is 18.2 Å². The quantitative estimate of drug-likeness (QED) is 0.383. The van der Waals surface area contributed by atoms with Crippen molar-refractivity contribution in [1.29, 1.82) is 0 Å². The normalized spacial score (nSPS) is 16.6. The zero-order chi connectivity index (χ0) is 10.6. The topological polar surface area (TPSA) is 38.7 Å². The van der Waals surface area contributed by atoms with Crippen LogP contribution in [0.25, 0.3) is 0 Å². The number of aliphatic imine (C=N–C) groups is 1. The summed E-state index contributed by atoms with van der Waals surface area (Å²) in [5.74, 6) is -0.339. The molecule has 0 N–H and O–H groups in total. The maximum Gasteiger partial charge on any atom is 0.339 e. The Morgan fingerprint density at radius 1 is 1.50 bits per heavy atom. The summed E-state index contributed by atoms with van der Waals surface area (Å²) in [5.41, 5.74) is 1.22. The number of hydrogen-bond acceptors (Lipinski definition) is 3. The Balaban J connectivity index is 2.59. The summed E-state index contributed by atoms with van der Waals surface area (Å²) < 4.78 is 4.87. The highest BCUT2D eigenvalue weighted by molar-refractivity contribution is 6.19. The van der Waals surface area contributed by atoms with Crippen LogP contribution < -0.4 is 0 Å². The van der Waals surface area contributed by atoms with E-state index in [1.165, 1.54) is 0 Å². The average Bonchev–Trinajstić information content (AvgIpc) is 2.97. The molecule has 0 heterocycles. The third-order valence-electron chi connectivity index (χ3n) is 2.09. The molecule has 0 spiro atoms. The minimum atomic E-state index is -0.339. The van der Waals surface area contributed by atoms with Gasteiger partial charge >= 0.3 is 5.97 Å². The van der Waals surface area contributed by atoms with E-state index in [2.05, 4.69) is 11.6 Å². The first-order valence-corrected chi connectivity index (χ1v) is 5.12. The van der Waals surface area contributed by atoms with E-state index in [9.17, 15) is 4.79 Å². The lowest BCUT2D eigenvalue weighted by Crippen LogP contribution is -2.15. The molecule has 0 amide bonds. The summed E-state index contributed by atoms with van der Waals surface area (Å²) in [7, 11) is 0. The van der Waals surface area contributed by atoms with E-state index in [1.54, 1.807) is 6.92 Å². The predicted molar refractivity (Wildman–Crippen MR) is 56.5 cm³/mol. The highest BCUT2D eigenvalue weighted by Crippen LogP contribution is 2.24. The largest absolute Gasteiger partial charge is 0.462 e. The Bertz CT molecular complexity index is 264. The van der Waals surface area contributed by atoms with Gasteiger partial charge in [-0.1, -0.05) is 13.5 Å². The Kier molecular flexibility index (Phi) is 3.86. The fourth-order valence-corrected chi connectivity index (χ4v) is 1.14. The maximum absolute atomic E-state index is 11.3. The molecule has 0 unspecified atom stereocenters. The first-order chi connectivity index (χ1) is 6.69. The molecule has 78 valence electrons. The van der Waals surface area contributed by atoms with Gasteiger partial charge in [-0.2, -0.15) is 0 Å². The van der Waals surface area contributed by atoms with Crippen LogP contribution in [0.15, 0.2) is 17.1 Å². The number of rotatable bonds is 5. The molecule has 1 fully saturated rings. The van der Waals surface area contributed by atoms with Gasteiger partial charge in [0.2, 0.25) is 0 Å². The van der Waals surface area contributed by atoms with Crippen molar-refractivity contribution in [2.45, 2.75) is 39.2 Å². The van der Waals surface area contributed by atoms with Gasteiger partial charge in [-0.15, -0.1) is 0 Å². The number of ether oxygens (including phenoxy) is 1. The average molecular weight is 195 g/mol. The summed E-state index contributed by atoms with van der Waals surface area (Å²) >= 11 is 0. The SMILES string of the molecule is C=C(C(=O)OCC)C(CC)=NC1CC1. The molecule has 0 aromatic heterocycles. The number of hydrogen-bond donors (Lipinski definition) is 0. The monoisotopic (exact) mass is 195 g/mol. The Morgan fingerprint density at radius 3 is 2.57 bits per heavy atom. The zero-order valence-corrected chi connectivity index (χ0v) is 8.88. The van der Waals surface area contributed by atoms with Crippen LogP contribution in [0.3, 0.4) is 0 Å². The molecule has 3 heteroatoms. The van der Waals surface area contributed by atoms with Crippen LogP contribution in [0.5, 0.6) is 0 Å². The van der Waals surface area contributed by atoms with Gasteiger partial charge < -0.3 is 4.74 Å². The Labute approximate surface area is 84.9 Å². The van der Waals surface area contributed by atoms with Crippen molar-refractivity contribution in [2.75, 3.05) is 6.61 Å². The van der Waals surface area contributed by atoms with Crippen molar-refractivity contribution in [1.82, 2.24) is 0 Å². The highest BCUT2D eigenvalue weighted by atomic mass is 16.5. The zero-order valence-electron chi connectivity index (χ0n) is 8.88.